The number of rotatable bonds is 0. The summed E-state index contributed by atoms with van der Waals surface area (Å²) in [6, 6.07) is 8.64. The quantitative estimate of drug-likeness (QED) is 0.624. The minimum atomic E-state index is 0.303. The molecule has 0 saturated heterocycles. The minimum Gasteiger partial charge on any atom is -0.303 e. The Labute approximate surface area is 83.3 Å². The van der Waals surface area contributed by atoms with Crippen LogP contribution in [0.1, 0.15) is 11.5 Å². The molecule has 0 spiro atoms. The molecule has 0 saturated carbocycles. The average Bonchev–Trinajstić information content (AvgIpc) is 2.55. The first-order valence-electron chi connectivity index (χ1n) is 4.86. The van der Waals surface area contributed by atoms with Crippen molar-refractivity contribution in [1.82, 2.24) is 0 Å². The van der Waals surface area contributed by atoms with Crippen LogP contribution >= 0.6 is 0 Å². The van der Waals surface area contributed by atoms with E-state index in [9.17, 15) is 0 Å². The molecule has 1 aliphatic carbocycles. The van der Waals surface area contributed by atoms with E-state index in [1.165, 1.54) is 5.56 Å². The fourth-order valence-corrected chi connectivity index (χ4v) is 2.31. The van der Waals surface area contributed by atoms with E-state index in [4.69, 9.17) is 5.84 Å². The van der Waals surface area contributed by atoms with Gasteiger partial charge in [-0.2, -0.15) is 0 Å². The number of hydrazine groups is 1. The number of nitrogens with two attached hydrogens (primary N) is 1. The Morgan fingerprint density at radius 3 is 2.79 bits per heavy atom. The number of anilines is 1. The number of hydrogen-bond acceptors (Lipinski definition) is 2. The number of allylic oxidation sites excluding steroid dienone is 2. The predicted molar refractivity (Wildman–Crippen MR) is 57.9 cm³/mol. The fraction of sp³-hybridized carbons (Fsp3) is 0.167. The van der Waals surface area contributed by atoms with Gasteiger partial charge in [-0.15, -0.1) is 0 Å². The Hall–Kier alpha value is -1.54. The average molecular weight is 184 g/mol. The van der Waals surface area contributed by atoms with Crippen molar-refractivity contribution < 1.29 is 0 Å². The number of benzene rings is 1. The van der Waals surface area contributed by atoms with E-state index in [1.807, 2.05) is 11.1 Å². The van der Waals surface area contributed by atoms with Crippen LogP contribution in [0.2, 0.25) is 0 Å². The molecule has 14 heavy (non-hydrogen) atoms. The summed E-state index contributed by atoms with van der Waals surface area (Å²) >= 11 is 0. The van der Waals surface area contributed by atoms with Crippen LogP contribution in [0.5, 0.6) is 0 Å². The van der Waals surface area contributed by atoms with Crippen LogP contribution in [-0.2, 0) is 0 Å². The summed E-state index contributed by atoms with van der Waals surface area (Å²) < 4.78 is 0. The first-order chi connectivity index (χ1) is 6.88. The topological polar surface area (TPSA) is 29.3 Å². The van der Waals surface area contributed by atoms with E-state index < -0.39 is 0 Å². The zero-order valence-electron chi connectivity index (χ0n) is 7.80. The molecule has 1 aromatic rings. The van der Waals surface area contributed by atoms with E-state index in [0.717, 1.165) is 5.69 Å². The lowest BCUT2D eigenvalue weighted by atomic mass is 9.92. The molecular weight excluding hydrogens is 172 g/mol. The highest BCUT2D eigenvalue weighted by Gasteiger charge is 2.34. The van der Waals surface area contributed by atoms with Crippen molar-refractivity contribution in [2.45, 2.75) is 12.0 Å². The molecule has 2 unspecified atom stereocenters. The zero-order chi connectivity index (χ0) is 9.54. The monoisotopic (exact) mass is 184 g/mol. The highest BCUT2D eigenvalue weighted by molar-refractivity contribution is 5.64. The lowest BCUT2D eigenvalue weighted by molar-refractivity contribution is 0.693. The second-order valence-corrected chi connectivity index (χ2v) is 3.75. The maximum atomic E-state index is 6.05. The first kappa shape index (κ1) is 7.83. The van der Waals surface area contributed by atoms with E-state index in [2.05, 4.69) is 42.5 Å². The number of hydrogen-bond donors (Lipinski definition) is 1. The summed E-state index contributed by atoms with van der Waals surface area (Å²) in [4.78, 5) is 0. The smallest absolute Gasteiger partial charge is 0.0739 e. The Morgan fingerprint density at radius 2 is 1.86 bits per heavy atom. The Balaban J connectivity index is 2.17. The van der Waals surface area contributed by atoms with Gasteiger partial charge in [0, 0.05) is 5.92 Å². The largest absolute Gasteiger partial charge is 0.303 e. The Bertz CT molecular complexity index is 420. The van der Waals surface area contributed by atoms with Gasteiger partial charge < -0.3 is 5.01 Å². The van der Waals surface area contributed by atoms with Crippen molar-refractivity contribution in [3.8, 4) is 0 Å². The zero-order valence-corrected chi connectivity index (χ0v) is 7.80. The van der Waals surface area contributed by atoms with Crippen LogP contribution in [0.4, 0.5) is 5.69 Å². The van der Waals surface area contributed by atoms with Crippen LogP contribution in [0, 0.1) is 0 Å². The predicted octanol–water partition coefficient (Wildman–Crippen LogP) is 1.96. The normalized spacial score (nSPS) is 27.6. The minimum absolute atomic E-state index is 0.303. The van der Waals surface area contributed by atoms with Gasteiger partial charge in [0.15, 0.2) is 0 Å². The lowest BCUT2D eigenvalue weighted by Gasteiger charge is -2.23. The lowest BCUT2D eigenvalue weighted by Crippen LogP contribution is -2.38. The van der Waals surface area contributed by atoms with E-state index >= 15 is 0 Å². The highest BCUT2D eigenvalue weighted by atomic mass is 15.4. The highest BCUT2D eigenvalue weighted by Crippen LogP contribution is 2.41. The van der Waals surface area contributed by atoms with Gasteiger partial charge in [0.1, 0.15) is 0 Å². The maximum Gasteiger partial charge on any atom is 0.0739 e. The molecule has 1 aliphatic heterocycles. The molecule has 2 aliphatic rings. The standard InChI is InChI=1S/C12H12N2/c13-14-11-7-3-1-5-9(11)10-6-2-4-8-12(10)14/h1-9,11H,13H2. The molecule has 0 bridgehead atoms. The molecule has 3 rings (SSSR count). The van der Waals surface area contributed by atoms with Gasteiger partial charge in [-0.05, 0) is 11.6 Å². The van der Waals surface area contributed by atoms with E-state index in [-0.39, 0.29) is 0 Å². The van der Waals surface area contributed by atoms with Crippen LogP contribution in [0.15, 0.2) is 48.6 Å². The van der Waals surface area contributed by atoms with Gasteiger partial charge in [0.25, 0.3) is 0 Å². The number of nitrogens with zero attached hydrogens (tertiary/aromatic N) is 1. The summed E-state index contributed by atoms with van der Waals surface area (Å²) in [7, 11) is 0. The van der Waals surface area contributed by atoms with Crippen molar-refractivity contribution in [3.05, 3.63) is 54.1 Å². The molecule has 2 N–H and O–H groups in total. The third-order valence-electron chi connectivity index (χ3n) is 3.00. The van der Waals surface area contributed by atoms with Gasteiger partial charge in [-0.25, -0.2) is 5.84 Å². The summed E-state index contributed by atoms with van der Waals surface area (Å²) in [6.07, 6.45) is 8.53. The molecular formula is C12H12N2. The van der Waals surface area contributed by atoms with E-state index in [0.29, 0.717) is 12.0 Å². The molecule has 0 aromatic heterocycles. The van der Waals surface area contributed by atoms with Crippen LogP contribution in [0.25, 0.3) is 0 Å². The van der Waals surface area contributed by atoms with Gasteiger partial charge in [0.2, 0.25) is 0 Å². The van der Waals surface area contributed by atoms with Gasteiger partial charge in [-0.1, -0.05) is 42.5 Å². The summed E-state index contributed by atoms with van der Waals surface area (Å²) in [6.45, 7) is 0. The molecule has 0 fully saturated rings. The number of fused-ring (bicyclic) bond motifs is 3. The molecule has 0 amide bonds. The van der Waals surface area contributed by atoms with Crippen LogP contribution in [-0.4, -0.2) is 6.04 Å². The molecule has 1 aromatic carbocycles. The first-order valence-corrected chi connectivity index (χ1v) is 4.86. The third kappa shape index (κ3) is 0.888. The number of para-hydroxylation sites is 1. The van der Waals surface area contributed by atoms with E-state index in [1.54, 1.807) is 0 Å². The Kier molecular flexibility index (Phi) is 1.52. The molecule has 2 heteroatoms. The second kappa shape index (κ2) is 2.72. The summed E-state index contributed by atoms with van der Waals surface area (Å²) in [5.74, 6) is 6.48. The van der Waals surface area contributed by atoms with Crippen molar-refractivity contribution in [1.29, 1.82) is 0 Å². The second-order valence-electron chi connectivity index (χ2n) is 3.75. The summed E-state index contributed by atoms with van der Waals surface area (Å²) in [5.41, 5.74) is 2.49. The van der Waals surface area contributed by atoms with Gasteiger partial charge in [0.05, 0.1) is 11.7 Å². The SMILES string of the molecule is NN1c2ccccc2C2C=CC=CC21. The third-order valence-corrected chi connectivity index (χ3v) is 3.00. The van der Waals surface area contributed by atoms with Crippen LogP contribution < -0.4 is 10.9 Å². The molecule has 2 atom stereocenters. The molecule has 70 valence electrons. The van der Waals surface area contributed by atoms with Crippen molar-refractivity contribution >= 4 is 5.69 Å². The van der Waals surface area contributed by atoms with Gasteiger partial charge in [-0.3, -0.25) is 0 Å². The van der Waals surface area contributed by atoms with Crippen LogP contribution in [0.3, 0.4) is 0 Å². The fourth-order valence-electron chi connectivity index (χ4n) is 2.31. The summed E-state index contributed by atoms with van der Waals surface area (Å²) in [5, 5.41) is 1.86. The molecule has 1 heterocycles. The van der Waals surface area contributed by atoms with Crippen molar-refractivity contribution in [2.24, 2.45) is 5.84 Å². The van der Waals surface area contributed by atoms with Crippen molar-refractivity contribution in [3.63, 3.8) is 0 Å². The Morgan fingerprint density at radius 1 is 1.07 bits per heavy atom. The molecule has 2 nitrogen and oxygen atoms in total. The van der Waals surface area contributed by atoms with Gasteiger partial charge >= 0.3 is 0 Å². The van der Waals surface area contributed by atoms with Crippen molar-refractivity contribution in [2.75, 3.05) is 5.01 Å². The molecule has 0 radical (unpaired) electrons. The maximum absolute atomic E-state index is 6.05.